The molecule has 0 bridgehead atoms. The Labute approximate surface area is 90.7 Å². The average Bonchev–Trinajstić information content (AvgIpc) is 2.18. The summed E-state index contributed by atoms with van der Waals surface area (Å²) in [6, 6.07) is 2.25. The molecule has 4 nitrogen and oxygen atoms in total. The van der Waals surface area contributed by atoms with Gasteiger partial charge in [0.1, 0.15) is 0 Å². The molecule has 15 heavy (non-hydrogen) atoms. The summed E-state index contributed by atoms with van der Waals surface area (Å²) >= 11 is 0. The lowest BCUT2D eigenvalue weighted by Gasteiger charge is -2.09. The lowest BCUT2D eigenvalue weighted by atomic mass is 10.1. The molecule has 0 saturated heterocycles. The Hall–Kier alpha value is -1.32. The van der Waals surface area contributed by atoms with Crippen molar-refractivity contribution in [3.8, 4) is 11.9 Å². The third-order valence-corrected chi connectivity index (χ3v) is 1.86. The van der Waals surface area contributed by atoms with Gasteiger partial charge < -0.3 is 9.47 Å². The first-order valence-electron chi connectivity index (χ1n) is 5.31. The van der Waals surface area contributed by atoms with E-state index in [-0.39, 0.29) is 0 Å². The van der Waals surface area contributed by atoms with Crippen LogP contribution in [0.4, 0.5) is 0 Å². The van der Waals surface area contributed by atoms with E-state index < -0.39 is 0 Å². The Bertz CT molecular complexity index is 289. The molecule has 0 aliphatic carbocycles. The van der Waals surface area contributed by atoms with E-state index in [0.29, 0.717) is 31.0 Å². The van der Waals surface area contributed by atoms with Gasteiger partial charge >= 0.3 is 6.01 Å². The quantitative estimate of drug-likeness (QED) is 0.748. The maximum absolute atomic E-state index is 5.35. The van der Waals surface area contributed by atoms with Crippen LogP contribution in [0.3, 0.4) is 0 Å². The van der Waals surface area contributed by atoms with E-state index in [1.54, 1.807) is 0 Å². The lowest BCUT2D eigenvalue weighted by molar-refractivity contribution is 0.287. The molecule has 0 saturated carbocycles. The van der Waals surface area contributed by atoms with Gasteiger partial charge in [0.25, 0.3) is 0 Å². The minimum absolute atomic E-state index is 0.339. The summed E-state index contributed by atoms with van der Waals surface area (Å²) in [6.45, 7) is 9.15. The number of nitrogens with zero attached hydrogens (tertiary/aromatic N) is 2. The Kier molecular flexibility index (Phi) is 4.34. The molecule has 0 fully saturated rings. The molecular formula is C11H18N2O2. The highest BCUT2D eigenvalue weighted by atomic mass is 16.5. The largest absolute Gasteiger partial charge is 0.478 e. The summed E-state index contributed by atoms with van der Waals surface area (Å²) in [5, 5.41) is 0. The summed E-state index contributed by atoms with van der Waals surface area (Å²) in [7, 11) is 0. The van der Waals surface area contributed by atoms with Gasteiger partial charge in [0.2, 0.25) is 5.88 Å². The van der Waals surface area contributed by atoms with Crippen LogP contribution in [0.2, 0.25) is 0 Å². The van der Waals surface area contributed by atoms with Gasteiger partial charge in [-0.15, -0.1) is 0 Å². The first-order valence-corrected chi connectivity index (χ1v) is 5.31. The number of aromatic nitrogens is 2. The van der Waals surface area contributed by atoms with Crippen LogP contribution in [0.15, 0.2) is 6.07 Å². The molecule has 0 amide bonds. The Morgan fingerprint density at radius 3 is 2.33 bits per heavy atom. The van der Waals surface area contributed by atoms with E-state index in [4.69, 9.17) is 9.47 Å². The van der Waals surface area contributed by atoms with Crippen molar-refractivity contribution < 1.29 is 9.47 Å². The minimum atomic E-state index is 0.339. The molecule has 0 N–H and O–H groups in total. The average molecular weight is 210 g/mol. The Balaban J connectivity index is 2.97. The van der Waals surface area contributed by atoms with Gasteiger partial charge in [-0.3, -0.25) is 0 Å². The number of hydrogen-bond donors (Lipinski definition) is 0. The highest BCUT2D eigenvalue weighted by molar-refractivity contribution is 5.20. The normalized spacial score (nSPS) is 10.5. The number of hydrogen-bond acceptors (Lipinski definition) is 4. The molecule has 0 unspecified atom stereocenters. The molecule has 0 atom stereocenters. The number of ether oxygens (including phenoxy) is 2. The van der Waals surface area contributed by atoms with Crippen LogP contribution in [0.25, 0.3) is 0 Å². The minimum Gasteiger partial charge on any atom is -0.478 e. The first-order chi connectivity index (χ1) is 7.17. The second kappa shape index (κ2) is 5.53. The van der Waals surface area contributed by atoms with Gasteiger partial charge in [0, 0.05) is 6.07 Å². The van der Waals surface area contributed by atoms with E-state index in [0.717, 1.165) is 5.69 Å². The maximum Gasteiger partial charge on any atom is 0.319 e. The number of rotatable bonds is 5. The van der Waals surface area contributed by atoms with Gasteiger partial charge in [-0.2, -0.15) is 9.97 Å². The van der Waals surface area contributed by atoms with Gasteiger partial charge in [0.05, 0.1) is 18.9 Å². The van der Waals surface area contributed by atoms with E-state index in [2.05, 4.69) is 23.8 Å². The van der Waals surface area contributed by atoms with Crippen LogP contribution in [0, 0.1) is 0 Å². The van der Waals surface area contributed by atoms with Crippen molar-refractivity contribution in [3.05, 3.63) is 11.8 Å². The smallest absolute Gasteiger partial charge is 0.319 e. The standard InChI is InChI=1S/C11H18N2O2/c1-5-14-10-7-9(8(3)4)12-11(13-10)15-6-2/h7-8H,5-6H2,1-4H3. The molecule has 0 aromatic carbocycles. The molecule has 1 aromatic heterocycles. The predicted molar refractivity (Wildman–Crippen MR) is 58.5 cm³/mol. The van der Waals surface area contributed by atoms with Crippen molar-refractivity contribution in [1.82, 2.24) is 9.97 Å². The molecule has 0 spiro atoms. The predicted octanol–water partition coefficient (Wildman–Crippen LogP) is 2.40. The van der Waals surface area contributed by atoms with E-state index in [9.17, 15) is 0 Å². The van der Waals surface area contributed by atoms with Crippen molar-refractivity contribution in [2.24, 2.45) is 0 Å². The molecule has 84 valence electrons. The molecule has 0 aliphatic rings. The topological polar surface area (TPSA) is 44.2 Å². The second-order valence-electron chi connectivity index (χ2n) is 3.43. The van der Waals surface area contributed by atoms with Gasteiger partial charge in [-0.05, 0) is 19.8 Å². The van der Waals surface area contributed by atoms with Gasteiger partial charge in [-0.1, -0.05) is 13.8 Å². The SMILES string of the molecule is CCOc1cc(C(C)C)nc(OCC)n1. The summed E-state index contributed by atoms with van der Waals surface area (Å²) in [6.07, 6.45) is 0. The van der Waals surface area contributed by atoms with Crippen molar-refractivity contribution in [2.45, 2.75) is 33.6 Å². The fourth-order valence-electron chi connectivity index (χ4n) is 1.13. The van der Waals surface area contributed by atoms with Crippen LogP contribution >= 0.6 is 0 Å². The van der Waals surface area contributed by atoms with Crippen molar-refractivity contribution in [1.29, 1.82) is 0 Å². The van der Waals surface area contributed by atoms with Crippen molar-refractivity contribution in [3.63, 3.8) is 0 Å². The fourth-order valence-corrected chi connectivity index (χ4v) is 1.13. The Morgan fingerprint density at radius 1 is 1.13 bits per heavy atom. The van der Waals surface area contributed by atoms with Gasteiger partial charge in [-0.25, -0.2) is 0 Å². The fraction of sp³-hybridized carbons (Fsp3) is 0.636. The van der Waals surface area contributed by atoms with Crippen LogP contribution in [0.5, 0.6) is 11.9 Å². The zero-order valence-electron chi connectivity index (χ0n) is 9.78. The monoisotopic (exact) mass is 210 g/mol. The van der Waals surface area contributed by atoms with E-state index in [1.165, 1.54) is 0 Å². The van der Waals surface area contributed by atoms with E-state index in [1.807, 2.05) is 19.9 Å². The van der Waals surface area contributed by atoms with Crippen LogP contribution in [-0.2, 0) is 0 Å². The van der Waals surface area contributed by atoms with E-state index >= 15 is 0 Å². The zero-order chi connectivity index (χ0) is 11.3. The molecule has 1 rings (SSSR count). The van der Waals surface area contributed by atoms with Crippen LogP contribution < -0.4 is 9.47 Å². The summed E-state index contributed by atoms with van der Waals surface area (Å²) in [4.78, 5) is 8.43. The first kappa shape index (κ1) is 11.8. The molecule has 1 heterocycles. The zero-order valence-corrected chi connectivity index (χ0v) is 9.78. The second-order valence-corrected chi connectivity index (χ2v) is 3.43. The van der Waals surface area contributed by atoms with Crippen molar-refractivity contribution in [2.75, 3.05) is 13.2 Å². The lowest BCUT2D eigenvalue weighted by Crippen LogP contribution is -2.04. The highest BCUT2D eigenvalue weighted by Gasteiger charge is 2.08. The Morgan fingerprint density at radius 2 is 1.80 bits per heavy atom. The summed E-state index contributed by atoms with van der Waals surface area (Å²) < 4.78 is 10.6. The summed E-state index contributed by atoms with van der Waals surface area (Å²) in [5.74, 6) is 0.922. The molecule has 4 heteroatoms. The third kappa shape index (κ3) is 3.38. The third-order valence-electron chi connectivity index (χ3n) is 1.86. The molecular weight excluding hydrogens is 192 g/mol. The van der Waals surface area contributed by atoms with Crippen LogP contribution in [-0.4, -0.2) is 23.2 Å². The summed E-state index contributed by atoms with van der Waals surface area (Å²) in [5.41, 5.74) is 0.942. The van der Waals surface area contributed by atoms with Crippen molar-refractivity contribution >= 4 is 0 Å². The molecule has 0 radical (unpaired) electrons. The van der Waals surface area contributed by atoms with Gasteiger partial charge in [0.15, 0.2) is 0 Å². The highest BCUT2D eigenvalue weighted by Crippen LogP contribution is 2.19. The molecule has 1 aromatic rings. The molecule has 0 aliphatic heterocycles. The van der Waals surface area contributed by atoms with Crippen LogP contribution in [0.1, 0.15) is 39.3 Å². The maximum atomic E-state index is 5.35.